The number of hydrogen-bond acceptors (Lipinski definition) is 2. The predicted octanol–water partition coefficient (Wildman–Crippen LogP) is 2.55. The van der Waals surface area contributed by atoms with Gasteiger partial charge in [0.05, 0.1) is 0 Å². The Hall–Kier alpha value is -1.87. The molecule has 2 aromatic carbocycles. The molecule has 3 N–H and O–H groups in total. The van der Waals surface area contributed by atoms with Crippen molar-refractivity contribution in [2.75, 3.05) is 6.54 Å². The molecule has 3 heteroatoms. The van der Waals surface area contributed by atoms with Gasteiger partial charge in [-0.1, -0.05) is 43.3 Å². The summed E-state index contributed by atoms with van der Waals surface area (Å²) in [4.78, 5) is 12.3. The lowest BCUT2D eigenvalue weighted by atomic mass is 10.0. The van der Waals surface area contributed by atoms with Crippen molar-refractivity contribution in [2.24, 2.45) is 11.7 Å². The van der Waals surface area contributed by atoms with Gasteiger partial charge >= 0.3 is 0 Å². The highest BCUT2D eigenvalue weighted by Gasteiger charge is 2.15. The Labute approximate surface area is 113 Å². The standard InChI is InChI=1S/C16H20N2O/c1-11(10-17)12(2)18-16(19)15-9-5-7-13-6-3-4-8-14(13)15/h3-9,11-12H,10,17H2,1-2H3,(H,18,19). The molecule has 0 spiro atoms. The van der Waals surface area contributed by atoms with Crippen LogP contribution in [0, 0.1) is 5.92 Å². The number of rotatable bonds is 4. The van der Waals surface area contributed by atoms with Gasteiger partial charge < -0.3 is 11.1 Å². The van der Waals surface area contributed by atoms with Crippen LogP contribution in [0.1, 0.15) is 24.2 Å². The van der Waals surface area contributed by atoms with E-state index < -0.39 is 0 Å². The average molecular weight is 256 g/mol. The molecule has 2 atom stereocenters. The Morgan fingerprint density at radius 1 is 1.16 bits per heavy atom. The zero-order chi connectivity index (χ0) is 13.8. The molecule has 0 aromatic heterocycles. The Kier molecular flexibility index (Phi) is 4.17. The van der Waals surface area contributed by atoms with Crippen molar-refractivity contribution in [3.05, 3.63) is 48.0 Å². The Bertz CT molecular complexity index is 574. The fourth-order valence-electron chi connectivity index (χ4n) is 2.05. The van der Waals surface area contributed by atoms with E-state index in [1.165, 1.54) is 0 Å². The van der Waals surface area contributed by atoms with E-state index in [1.807, 2.05) is 56.3 Å². The number of hydrogen-bond donors (Lipinski definition) is 2. The SMILES string of the molecule is CC(CN)C(C)NC(=O)c1cccc2ccccc12. The van der Waals surface area contributed by atoms with Crippen molar-refractivity contribution in [1.29, 1.82) is 0 Å². The fraction of sp³-hybridized carbons (Fsp3) is 0.312. The molecule has 0 radical (unpaired) electrons. The number of amides is 1. The van der Waals surface area contributed by atoms with Crippen molar-refractivity contribution in [3.63, 3.8) is 0 Å². The van der Waals surface area contributed by atoms with Crippen molar-refractivity contribution in [2.45, 2.75) is 19.9 Å². The van der Waals surface area contributed by atoms with Gasteiger partial charge in [0.15, 0.2) is 0 Å². The van der Waals surface area contributed by atoms with Crippen molar-refractivity contribution < 1.29 is 4.79 Å². The van der Waals surface area contributed by atoms with Gasteiger partial charge in [-0.25, -0.2) is 0 Å². The lowest BCUT2D eigenvalue weighted by molar-refractivity contribution is 0.0931. The minimum Gasteiger partial charge on any atom is -0.349 e. The van der Waals surface area contributed by atoms with E-state index in [9.17, 15) is 4.79 Å². The van der Waals surface area contributed by atoms with Crippen LogP contribution < -0.4 is 11.1 Å². The normalized spacial score (nSPS) is 14.1. The molecule has 0 saturated heterocycles. The summed E-state index contributed by atoms with van der Waals surface area (Å²) in [5.41, 5.74) is 6.34. The molecule has 100 valence electrons. The highest BCUT2D eigenvalue weighted by molar-refractivity contribution is 6.07. The van der Waals surface area contributed by atoms with Gasteiger partial charge in [0.25, 0.3) is 5.91 Å². The summed E-state index contributed by atoms with van der Waals surface area (Å²) in [7, 11) is 0. The third-order valence-electron chi connectivity index (χ3n) is 3.62. The smallest absolute Gasteiger partial charge is 0.252 e. The molecule has 19 heavy (non-hydrogen) atoms. The molecule has 2 aromatic rings. The summed E-state index contributed by atoms with van der Waals surface area (Å²) in [5, 5.41) is 5.08. The van der Waals surface area contributed by atoms with E-state index >= 15 is 0 Å². The van der Waals surface area contributed by atoms with E-state index in [1.54, 1.807) is 0 Å². The van der Waals surface area contributed by atoms with Gasteiger partial charge in [-0.2, -0.15) is 0 Å². The third kappa shape index (κ3) is 2.93. The maximum atomic E-state index is 12.3. The van der Waals surface area contributed by atoms with Gasteiger partial charge in [0.1, 0.15) is 0 Å². The maximum Gasteiger partial charge on any atom is 0.252 e. The van der Waals surface area contributed by atoms with E-state index in [0.29, 0.717) is 12.1 Å². The lowest BCUT2D eigenvalue weighted by Gasteiger charge is -2.20. The van der Waals surface area contributed by atoms with Crippen LogP contribution in [0.15, 0.2) is 42.5 Å². The van der Waals surface area contributed by atoms with Crippen LogP contribution in [0.25, 0.3) is 10.8 Å². The van der Waals surface area contributed by atoms with Crippen LogP contribution in [-0.2, 0) is 0 Å². The summed E-state index contributed by atoms with van der Waals surface area (Å²) < 4.78 is 0. The van der Waals surface area contributed by atoms with Crippen LogP contribution in [0.3, 0.4) is 0 Å². The number of carbonyl (C=O) groups is 1. The van der Waals surface area contributed by atoms with Crippen LogP contribution in [-0.4, -0.2) is 18.5 Å². The van der Waals surface area contributed by atoms with Gasteiger partial charge in [0, 0.05) is 11.6 Å². The first-order chi connectivity index (χ1) is 9.13. The molecular weight excluding hydrogens is 236 g/mol. The Balaban J connectivity index is 2.27. The van der Waals surface area contributed by atoms with Crippen molar-refractivity contribution >= 4 is 16.7 Å². The summed E-state index contributed by atoms with van der Waals surface area (Å²) in [6, 6.07) is 13.8. The fourth-order valence-corrected chi connectivity index (χ4v) is 2.05. The van der Waals surface area contributed by atoms with Gasteiger partial charge in [-0.3, -0.25) is 4.79 Å². The number of benzene rings is 2. The number of carbonyl (C=O) groups excluding carboxylic acids is 1. The predicted molar refractivity (Wildman–Crippen MR) is 79.1 cm³/mol. The third-order valence-corrected chi connectivity index (χ3v) is 3.62. The average Bonchev–Trinajstić information content (AvgIpc) is 2.45. The van der Waals surface area contributed by atoms with Crippen molar-refractivity contribution in [1.82, 2.24) is 5.32 Å². The quantitative estimate of drug-likeness (QED) is 0.883. The molecule has 0 saturated carbocycles. The zero-order valence-electron chi connectivity index (χ0n) is 11.4. The molecule has 1 amide bonds. The van der Waals surface area contributed by atoms with E-state index in [0.717, 1.165) is 10.8 Å². The molecule has 2 unspecified atom stereocenters. The van der Waals surface area contributed by atoms with Gasteiger partial charge in [0.2, 0.25) is 0 Å². The van der Waals surface area contributed by atoms with E-state index in [2.05, 4.69) is 5.32 Å². The first-order valence-electron chi connectivity index (χ1n) is 6.62. The second-order valence-corrected chi connectivity index (χ2v) is 5.00. The largest absolute Gasteiger partial charge is 0.349 e. The second kappa shape index (κ2) is 5.85. The first kappa shape index (κ1) is 13.6. The molecule has 0 heterocycles. The summed E-state index contributed by atoms with van der Waals surface area (Å²) in [6.07, 6.45) is 0. The van der Waals surface area contributed by atoms with Crippen LogP contribution in [0.4, 0.5) is 0 Å². The minimum absolute atomic E-state index is 0.0374. The maximum absolute atomic E-state index is 12.3. The summed E-state index contributed by atoms with van der Waals surface area (Å²) in [5.74, 6) is 0.225. The first-order valence-corrected chi connectivity index (χ1v) is 6.62. The monoisotopic (exact) mass is 256 g/mol. The Morgan fingerprint density at radius 3 is 2.58 bits per heavy atom. The second-order valence-electron chi connectivity index (χ2n) is 5.00. The van der Waals surface area contributed by atoms with E-state index in [4.69, 9.17) is 5.73 Å². The van der Waals surface area contributed by atoms with Crippen LogP contribution in [0.5, 0.6) is 0 Å². The summed E-state index contributed by atoms with van der Waals surface area (Å²) >= 11 is 0. The van der Waals surface area contributed by atoms with Gasteiger partial charge in [-0.15, -0.1) is 0 Å². The van der Waals surface area contributed by atoms with Crippen LogP contribution >= 0.6 is 0 Å². The molecule has 0 aliphatic heterocycles. The topological polar surface area (TPSA) is 55.1 Å². The molecule has 0 bridgehead atoms. The molecule has 0 fully saturated rings. The molecular formula is C16H20N2O. The van der Waals surface area contributed by atoms with Gasteiger partial charge in [-0.05, 0) is 36.2 Å². The number of fused-ring (bicyclic) bond motifs is 1. The minimum atomic E-state index is -0.0374. The Morgan fingerprint density at radius 2 is 1.84 bits per heavy atom. The highest BCUT2D eigenvalue weighted by Crippen LogP contribution is 2.18. The zero-order valence-corrected chi connectivity index (χ0v) is 11.4. The number of nitrogens with two attached hydrogens (primary N) is 1. The summed E-state index contributed by atoms with van der Waals surface area (Å²) in [6.45, 7) is 4.59. The molecule has 0 aliphatic rings. The molecule has 0 aliphatic carbocycles. The highest BCUT2D eigenvalue weighted by atomic mass is 16.1. The number of nitrogens with one attached hydrogen (secondary N) is 1. The van der Waals surface area contributed by atoms with Crippen molar-refractivity contribution in [3.8, 4) is 0 Å². The van der Waals surface area contributed by atoms with E-state index in [-0.39, 0.29) is 17.9 Å². The van der Waals surface area contributed by atoms with Crippen LogP contribution in [0.2, 0.25) is 0 Å². The molecule has 2 rings (SSSR count). The lowest BCUT2D eigenvalue weighted by Crippen LogP contribution is -2.39. The molecule has 3 nitrogen and oxygen atoms in total.